The van der Waals surface area contributed by atoms with E-state index in [4.69, 9.17) is 4.74 Å². The van der Waals surface area contributed by atoms with Crippen LogP contribution in [0, 0.1) is 6.92 Å². The molecule has 3 aromatic rings. The molecule has 2 amide bonds. The summed E-state index contributed by atoms with van der Waals surface area (Å²) in [7, 11) is 1.62. The molecule has 0 saturated carbocycles. The molecule has 29 heavy (non-hydrogen) atoms. The van der Waals surface area contributed by atoms with E-state index in [9.17, 15) is 9.59 Å². The zero-order valence-electron chi connectivity index (χ0n) is 16.4. The Morgan fingerprint density at radius 2 is 1.55 bits per heavy atom. The van der Waals surface area contributed by atoms with Gasteiger partial charge in [0.05, 0.1) is 24.7 Å². The number of methoxy groups -OCH3 is 1. The molecule has 1 heterocycles. The summed E-state index contributed by atoms with van der Waals surface area (Å²) in [6, 6.07) is 16.1. The number of nitrogens with zero attached hydrogens (tertiary/aromatic N) is 1. The smallest absolute Gasteiger partial charge is 0.274 e. The van der Waals surface area contributed by atoms with Gasteiger partial charge < -0.3 is 20.7 Å². The molecule has 2 aromatic carbocycles. The Labute approximate surface area is 169 Å². The average molecular weight is 390 g/mol. The highest BCUT2D eigenvalue weighted by Crippen LogP contribution is 2.28. The quantitative estimate of drug-likeness (QED) is 0.582. The van der Waals surface area contributed by atoms with Crippen molar-refractivity contribution in [1.29, 1.82) is 0 Å². The molecular formula is C22H22N4O3. The Kier molecular flexibility index (Phi) is 6.09. The van der Waals surface area contributed by atoms with Crippen molar-refractivity contribution in [2.24, 2.45) is 0 Å². The molecule has 0 atom stereocenters. The number of rotatable bonds is 6. The summed E-state index contributed by atoms with van der Waals surface area (Å²) in [5, 5.41) is 8.70. The average Bonchev–Trinajstić information content (AvgIpc) is 2.70. The molecule has 0 unspecified atom stereocenters. The maximum absolute atomic E-state index is 12.4. The van der Waals surface area contributed by atoms with E-state index in [0.717, 1.165) is 22.7 Å². The number of carbonyl (C=O) groups is 2. The van der Waals surface area contributed by atoms with Gasteiger partial charge in [-0.15, -0.1) is 0 Å². The lowest BCUT2D eigenvalue weighted by atomic mass is 10.2. The zero-order valence-corrected chi connectivity index (χ0v) is 16.4. The van der Waals surface area contributed by atoms with E-state index in [1.807, 2.05) is 25.1 Å². The first kappa shape index (κ1) is 19.9. The number of aryl methyl sites for hydroxylation is 1. The Morgan fingerprint density at radius 1 is 0.897 bits per heavy atom. The first-order chi connectivity index (χ1) is 13.9. The molecule has 0 bridgehead atoms. The van der Waals surface area contributed by atoms with Crippen molar-refractivity contribution < 1.29 is 14.3 Å². The van der Waals surface area contributed by atoms with Gasteiger partial charge >= 0.3 is 0 Å². The van der Waals surface area contributed by atoms with Crippen molar-refractivity contribution in [2.45, 2.75) is 13.8 Å². The molecule has 7 heteroatoms. The molecule has 3 N–H and O–H groups in total. The van der Waals surface area contributed by atoms with Crippen molar-refractivity contribution in [2.75, 3.05) is 23.1 Å². The summed E-state index contributed by atoms with van der Waals surface area (Å²) in [4.78, 5) is 27.7. The van der Waals surface area contributed by atoms with Gasteiger partial charge in [0.2, 0.25) is 5.91 Å². The molecule has 0 radical (unpaired) electrons. The van der Waals surface area contributed by atoms with Crippen LogP contribution >= 0.6 is 0 Å². The van der Waals surface area contributed by atoms with E-state index in [-0.39, 0.29) is 17.5 Å². The first-order valence-corrected chi connectivity index (χ1v) is 9.01. The van der Waals surface area contributed by atoms with Crippen molar-refractivity contribution in [1.82, 2.24) is 4.98 Å². The lowest BCUT2D eigenvalue weighted by molar-refractivity contribution is -0.114. The lowest BCUT2D eigenvalue weighted by Gasteiger charge is -2.12. The maximum Gasteiger partial charge on any atom is 0.274 e. The van der Waals surface area contributed by atoms with Gasteiger partial charge in [0.15, 0.2) is 0 Å². The predicted octanol–water partition coefficient (Wildman–Crippen LogP) is 4.35. The summed E-state index contributed by atoms with van der Waals surface area (Å²) in [6.45, 7) is 3.44. The molecule has 1 aromatic heterocycles. The minimum absolute atomic E-state index is 0.150. The Morgan fingerprint density at radius 3 is 2.14 bits per heavy atom. The number of hydrogen-bond donors (Lipinski definition) is 3. The Balaban J connectivity index is 1.66. The van der Waals surface area contributed by atoms with Gasteiger partial charge in [-0.2, -0.15) is 0 Å². The number of hydrogen-bond acceptors (Lipinski definition) is 5. The fraction of sp³-hybridized carbons (Fsp3) is 0.136. The molecule has 148 valence electrons. The minimum Gasteiger partial charge on any atom is -0.495 e. The third kappa shape index (κ3) is 5.32. The zero-order chi connectivity index (χ0) is 20.8. The van der Waals surface area contributed by atoms with Gasteiger partial charge in [-0.25, -0.2) is 4.98 Å². The number of ether oxygens (including phenoxy) is 1. The summed E-state index contributed by atoms with van der Waals surface area (Å²) in [6.07, 6.45) is 1.59. The van der Waals surface area contributed by atoms with E-state index in [1.54, 1.807) is 49.7 Å². The predicted molar refractivity (Wildman–Crippen MR) is 114 cm³/mol. The SMILES string of the molecule is COc1ccc(C)cc1Nc1ccc(C(=O)Nc2ccc(NC(C)=O)cc2)nc1. The second kappa shape index (κ2) is 8.88. The van der Waals surface area contributed by atoms with E-state index in [2.05, 4.69) is 20.9 Å². The van der Waals surface area contributed by atoms with Crippen LogP contribution in [0.2, 0.25) is 0 Å². The first-order valence-electron chi connectivity index (χ1n) is 9.01. The number of carbonyl (C=O) groups excluding carboxylic acids is 2. The number of anilines is 4. The molecule has 0 aliphatic rings. The van der Waals surface area contributed by atoms with E-state index in [1.165, 1.54) is 6.92 Å². The standard InChI is InChI=1S/C22H22N4O3/c1-14-4-11-21(29-3)20(12-14)25-18-9-10-19(23-13-18)22(28)26-17-7-5-16(6-8-17)24-15(2)27/h4-13,25H,1-3H3,(H,24,27)(H,26,28). The highest BCUT2D eigenvalue weighted by molar-refractivity contribution is 6.03. The third-order valence-corrected chi connectivity index (χ3v) is 4.09. The van der Waals surface area contributed by atoms with Gasteiger partial charge in [0.1, 0.15) is 11.4 Å². The molecule has 0 aliphatic carbocycles. The molecular weight excluding hydrogens is 368 g/mol. The van der Waals surface area contributed by atoms with Gasteiger partial charge in [0, 0.05) is 18.3 Å². The number of amides is 2. The van der Waals surface area contributed by atoms with Gasteiger partial charge in [-0.3, -0.25) is 9.59 Å². The summed E-state index contributed by atoms with van der Waals surface area (Å²) >= 11 is 0. The van der Waals surface area contributed by atoms with Gasteiger partial charge in [-0.05, 0) is 61.0 Å². The summed E-state index contributed by atoms with van der Waals surface area (Å²) < 4.78 is 5.36. The molecule has 3 rings (SSSR count). The van der Waals surface area contributed by atoms with Crippen LogP contribution in [0.3, 0.4) is 0 Å². The summed E-state index contributed by atoms with van der Waals surface area (Å²) in [5.74, 6) is 0.250. The van der Waals surface area contributed by atoms with E-state index < -0.39 is 0 Å². The second-order valence-corrected chi connectivity index (χ2v) is 6.47. The van der Waals surface area contributed by atoms with Crippen LogP contribution in [0.1, 0.15) is 23.0 Å². The number of pyridine rings is 1. The fourth-order valence-electron chi connectivity index (χ4n) is 2.71. The highest BCUT2D eigenvalue weighted by Gasteiger charge is 2.09. The van der Waals surface area contributed by atoms with Crippen LogP contribution in [0.4, 0.5) is 22.7 Å². The highest BCUT2D eigenvalue weighted by atomic mass is 16.5. The van der Waals surface area contributed by atoms with Crippen molar-refractivity contribution in [3.63, 3.8) is 0 Å². The van der Waals surface area contributed by atoms with Crippen LogP contribution in [0.15, 0.2) is 60.8 Å². The van der Waals surface area contributed by atoms with Crippen molar-refractivity contribution in [3.05, 3.63) is 72.1 Å². The number of aromatic nitrogens is 1. The van der Waals surface area contributed by atoms with Gasteiger partial charge in [-0.1, -0.05) is 6.07 Å². The second-order valence-electron chi connectivity index (χ2n) is 6.47. The molecule has 0 saturated heterocycles. The van der Waals surface area contributed by atoms with Crippen LogP contribution in [0.25, 0.3) is 0 Å². The molecule has 0 fully saturated rings. The normalized spacial score (nSPS) is 10.2. The molecule has 0 aliphatic heterocycles. The monoisotopic (exact) mass is 390 g/mol. The van der Waals surface area contributed by atoms with Crippen LogP contribution in [0.5, 0.6) is 5.75 Å². The Bertz CT molecular complexity index is 1020. The maximum atomic E-state index is 12.4. The Hall–Kier alpha value is -3.87. The minimum atomic E-state index is -0.322. The lowest BCUT2D eigenvalue weighted by Crippen LogP contribution is -2.13. The molecule has 7 nitrogen and oxygen atoms in total. The van der Waals surface area contributed by atoms with E-state index in [0.29, 0.717) is 11.4 Å². The fourth-order valence-corrected chi connectivity index (χ4v) is 2.71. The van der Waals surface area contributed by atoms with Crippen molar-refractivity contribution >= 4 is 34.6 Å². The number of benzene rings is 2. The van der Waals surface area contributed by atoms with Crippen LogP contribution in [-0.4, -0.2) is 23.9 Å². The third-order valence-electron chi connectivity index (χ3n) is 4.09. The van der Waals surface area contributed by atoms with Crippen LogP contribution < -0.4 is 20.7 Å². The molecule has 0 spiro atoms. The van der Waals surface area contributed by atoms with Crippen LogP contribution in [-0.2, 0) is 4.79 Å². The van der Waals surface area contributed by atoms with Crippen molar-refractivity contribution in [3.8, 4) is 5.75 Å². The topological polar surface area (TPSA) is 92.4 Å². The number of nitrogens with one attached hydrogen (secondary N) is 3. The summed E-state index contributed by atoms with van der Waals surface area (Å²) in [5.41, 5.74) is 4.23. The van der Waals surface area contributed by atoms with Gasteiger partial charge in [0.25, 0.3) is 5.91 Å². The largest absolute Gasteiger partial charge is 0.495 e. The van der Waals surface area contributed by atoms with E-state index >= 15 is 0 Å².